The number of carboxylic acids is 2. The minimum atomic E-state index is -4.36. The predicted molar refractivity (Wildman–Crippen MR) is 161 cm³/mol. The van der Waals surface area contributed by atoms with Crippen molar-refractivity contribution in [3.8, 4) is 0 Å². The number of carbonyl (C=O) groups excluding carboxylic acids is 5. The number of ether oxygens (including phenoxy) is 2. The van der Waals surface area contributed by atoms with E-state index in [-0.39, 0.29) is 57.7 Å². The molecule has 5 amide bonds. The molecule has 0 aliphatic carbocycles. The molecule has 0 aromatic heterocycles. The second kappa shape index (κ2) is 26.3. The van der Waals surface area contributed by atoms with E-state index in [4.69, 9.17) is 24.2 Å². The SMILES string of the molecule is CCCNC(=O)CNC(=O)CCC(NC=O)C(=O)O.CCOCCOCCNC(=O)CCC(NC(=O)C(C)CS(=O)(=O)O)C(=O)O. The Morgan fingerprint density at radius 3 is 1.85 bits per heavy atom. The fourth-order valence-corrected chi connectivity index (χ4v) is 3.97. The summed E-state index contributed by atoms with van der Waals surface area (Å²) in [5.74, 6) is -6.51. The molecule has 0 spiro atoms. The van der Waals surface area contributed by atoms with Gasteiger partial charge in [-0.05, 0) is 26.2 Å². The zero-order valence-electron chi connectivity index (χ0n) is 26.2. The van der Waals surface area contributed by atoms with Crippen molar-refractivity contribution in [2.45, 2.75) is 65.0 Å². The Labute approximate surface area is 267 Å². The molecule has 0 rings (SSSR count). The summed E-state index contributed by atoms with van der Waals surface area (Å²) in [4.78, 5) is 78.1. The first-order chi connectivity index (χ1) is 21.6. The Morgan fingerprint density at radius 2 is 1.33 bits per heavy atom. The summed E-state index contributed by atoms with van der Waals surface area (Å²) in [5.41, 5.74) is 0. The number of aliphatic carboxylic acids is 2. The molecule has 0 bridgehead atoms. The quantitative estimate of drug-likeness (QED) is 0.0283. The van der Waals surface area contributed by atoms with Crippen molar-refractivity contribution >= 4 is 52.1 Å². The van der Waals surface area contributed by atoms with Crippen molar-refractivity contribution in [3.63, 3.8) is 0 Å². The van der Waals surface area contributed by atoms with Crippen LogP contribution in [0.1, 0.15) is 52.9 Å². The highest BCUT2D eigenvalue weighted by Crippen LogP contribution is 2.04. The normalized spacial score (nSPS) is 12.6. The van der Waals surface area contributed by atoms with Crippen LogP contribution in [-0.4, -0.2) is 129 Å². The maximum absolute atomic E-state index is 11.8. The number of carbonyl (C=O) groups is 7. The van der Waals surface area contributed by atoms with Crippen molar-refractivity contribution in [2.75, 3.05) is 51.8 Å². The lowest BCUT2D eigenvalue weighted by Gasteiger charge is -2.17. The maximum atomic E-state index is 11.8. The summed E-state index contributed by atoms with van der Waals surface area (Å²) in [5, 5.41) is 29.6. The first-order valence-corrected chi connectivity index (χ1v) is 16.0. The molecule has 0 saturated heterocycles. The molecule has 46 heavy (non-hydrogen) atoms. The number of nitrogens with one attached hydrogen (secondary N) is 5. The minimum absolute atomic E-state index is 0.0313. The molecule has 19 nitrogen and oxygen atoms in total. The zero-order valence-corrected chi connectivity index (χ0v) is 27.1. The van der Waals surface area contributed by atoms with Gasteiger partial charge < -0.3 is 46.3 Å². The van der Waals surface area contributed by atoms with Gasteiger partial charge >= 0.3 is 11.9 Å². The third-order valence-electron chi connectivity index (χ3n) is 5.57. The Bertz CT molecular complexity index is 1070. The van der Waals surface area contributed by atoms with E-state index in [1.807, 2.05) is 13.8 Å². The molecule has 0 aliphatic heterocycles. The summed E-state index contributed by atoms with van der Waals surface area (Å²) in [6.07, 6.45) is 0.640. The third kappa shape index (κ3) is 26.5. The number of rotatable bonds is 25. The van der Waals surface area contributed by atoms with Crippen LogP contribution in [0.5, 0.6) is 0 Å². The fourth-order valence-electron chi connectivity index (χ4n) is 3.18. The van der Waals surface area contributed by atoms with E-state index in [2.05, 4.69) is 26.6 Å². The van der Waals surface area contributed by atoms with Crippen LogP contribution in [0.4, 0.5) is 0 Å². The van der Waals surface area contributed by atoms with Crippen LogP contribution < -0.4 is 26.6 Å². The summed E-state index contributed by atoms with van der Waals surface area (Å²) in [6, 6.07) is -2.45. The summed E-state index contributed by atoms with van der Waals surface area (Å²) in [7, 11) is -4.36. The Balaban J connectivity index is 0. The van der Waals surface area contributed by atoms with E-state index in [1.54, 1.807) is 0 Å². The lowest BCUT2D eigenvalue weighted by atomic mass is 10.1. The Hall–Kier alpha value is -3.88. The standard InChI is InChI=1S/C15H28N2O9S.C11H19N3O5/c1-3-25-8-9-26-7-6-16-13(18)5-4-12(15(20)21)17-14(19)11(2)10-27(22,23)24;1-2-5-12-10(17)6-13-9(16)4-3-8(11(18)19)14-7-15/h11-12H,3-10H2,1-2H3,(H,16,18)(H,17,19)(H,20,21)(H,22,23,24);7-8H,2-6H2,1H3,(H,12,17)(H,13,16)(H,14,15)(H,18,19). The van der Waals surface area contributed by atoms with Crippen LogP contribution in [-0.2, 0) is 53.2 Å². The van der Waals surface area contributed by atoms with Crippen molar-refractivity contribution in [1.29, 1.82) is 0 Å². The number of amides is 5. The maximum Gasteiger partial charge on any atom is 0.326 e. The predicted octanol–water partition coefficient (Wildman–Crippen LogP) is -2.36. The molecular weight excluding hydrogens is 638 g/mol. The van der Waals surface area contributed by atoms with E-state index in [1.165, 1.54) is 6.92 Å². The van der Waals surface area contributed by atoms with E-state index < -0.39 is 63.5 Å². The van der Waals surface area contributed by atoms with Crippen molar-refractivity contribution in [1.82, 2.24) is 26.6 Å². The average Bonchev–Trinajstić information content (AvgIpc) is 2.97. The van der Waals surface area contributed by atoms with Crippen molar-refractivity contribution < 1.29 is 66.2 Å². The van der Waals surface area contributed by atoms with Gasteiger partial charge in [-0.3, -0.25) is 28.5 Å². The van der Waals surface area contributed by atoms with E-state index in [0.29, 0.717) is 26.4 Å². The first kappa shape index (κ1) is 44.2. The lowest BCUT2D eigenvalue weighted by molar-refractivity contribution is -0.142. The third-order valence-corrected chi connectivity index (χ3v) is 6.49. The molecule has 0 heterocycles. The van der Waals surface area contributed by atoms with Gasteiger partial charge in [0.25, 0.3) is 10.1 Å². The lowest BCUT2D eigenvalue weighted by Crippen LogP contribution is -2.45. The monoisotopic (exact) mass is 685 g/mol. The van der Waals surface area contributed by atoms with Crippen LogP contribution in [0.15, 0.2) is 0 Å². The average molecular weight is 686 g/mol. The second-order valence-electron chi connectivity index (χ2n) is 9.59. The van der Waals surface area contributed by atoms with Gasteiger partial charge in [0, 0.05) is 32.5 Å². The van der Waals surface area contributed by atoms with Crippen molar-refractivity contribution in [2.24, 2.45) is 5.92 Å². The Kier molecular flexibility index (Phi) is 25.3. The molecule has 20 heteroatoms. The van der Waals surface area contributed by atoms with Crippen molar-refractivity contribution in [3.05, 3.63) is 0 Å². The summed E-state index contributed by atoms with van der Waals surface area (Å²) < 4.78 is 40.5. The molecule has 3 unspecified atom stereocenters. The number of hydrogen-bond donors (Lipinski definition) is 8. The van der Waals surface area contributed by atoms with Crippen LogP contribution >= 0.6 is 0 Å². The van der Waals surface area contributed by atoms with Gasteiger partial charge in [-0.15, -0.1) is 0 Å². The molecule has 0 fully saturated rings. The molecule has 0 aromatic carbocycles. The minimum Gasteiger partial charge on any atom is -0.480 e. The molecule has 3 atom stereocenters. The molecule has 0 aliphatic rings. The summed E-state index contributed by atoms with van der Waals surface area (Å²) >= 11 is 0. The molecule has 0 radical (unpaired) electrons. The highest BCUT2D eigenvalue weighted by atomic mass is 32.2. The van der Waals surface area contributed by atoms with Gasteiger partial charge in [-0.25, -0.2) is 9.59 Å². The van der Waals surface area contributed by atoms with Crippen LogP contribution in [0, 0.1) is 5.92 Å². The zero-order chi connectivity index (χ0) is 35.5. The van der Waals surface area contributed by atoms with Gasteiger partial charge in [0.2, 0.25) is 30.0 Å². The highest BCUT2D eigenvalue weighted by Gasteiger charge is 2.26. The molecule has 0 saturated carbocycles. The smallest absolute Gasteiger partial charge is 0.326 e. The first-order valence-electron chi connectivity index (χ1n) is 14.4. The largest absolute Gasteiger partial charge is 0.480 e. The van der Waals surface area contributed by atoms with Crippen LogP contribution in [0.2, 0.25) is 0 Å². The molecular formula is C26H47N5O14S. The molecule has 0 aromatic rings. The molecule has 8 N–H and O–H groups in total. The van der Waals surface area contributed by atoms with Gasteiger partial charge in [-0.1, -0.05) is 13.8 Å². The number of hydrogen-bond acceptors (Lipinski definition) is 11. The van der Waals surface area contributed by atoms with E-state index >= 15 is 0 Å². The fraction of sp³-hybridized carbons (Fsp3) is 0.731. The van der Waals surface area contributed by atoms with Gasteiger partial charge in [-0.2, -0.15) is 8.42 Å². The molecule has 266 valence electrons. The Morgan fingerprint density at radius 1 is 0.783 bits per heavy atom. The highest BCUT2D eigenvalue weighted by molar-refractivity contribution is 7.85. The van der Waals surface area contributed by atoms with Crippen LogP contribution in [0.3, 0.4) is 0 Å². The van der Waals surface area contributed by atoms with Gasteiger partial charge in [0.1, 0.15) is 12.1 Å². The van der Waals surface area contributed by atoms with Gasteiger partial charge in [0.15, 0.2) is 0 Å². The van der Waals surface area contributed by atoms with Gasteiger partial charge in [0.05, 0.1) is 38.0 Å². The number of carboxylic acid groups (broad SMARTS) is 2. The van der Waals surface area contributed by atoms with E-state index in [0.717, 1.165) is 6.42 Å². The topological polar surface area (TPSA) is 293 Å². The summed E-state index contributed by atoms with van der Waals surface area (Å²) in [6.45, 7) is 7.39. The van der Waals surface area contributed by atoms with E-state index in [9.17, 15) is 42.0 Å². The van der Waals surface area contributed by atoms with Crippen LogP contribution in [0.25, 0.3) is 0 Å². The second-order valence-corrected chi connectivity index (χ2v) is 11.1.